The molecule has 2 fully saturated rings. The summed E-state index contributed by atoms with van der Waals surface area (Å²) >= 11 is 0. The molecule has 2 heterocycles. The maximum atomic E-state index is 14.3. The third-order valence-electron chi connectivity index (χ3n) is 8.98. The van der Waals surface area contributed by atoms with E-state index in [1.165, 1.54) is 26.4 Å². The van der Waals surface area contributed by atoms with Crippen molar-refractivity contribution in [2.45, 2.75) is 103 Å². The van der Waals surface area contributed by atoms with Crippen LogP contribution in [0.25, 0.3) is 0 Å². The molecule has 0 bridgehead atoms. The molecule has 14 heteroatoms. The second kappa shape index (κ2) is 19.5. The van der Waals surface area contributed by atoms with Gasteiger partial charge in [0.15, 0.2) is 0 Å². The lowest BCUT2D eigenvalue weighted by atomic mass is 9.92. The quantitative estimate of drug-likeness (QED) is 0.139. The van der Waals surface area contributed by atoms with E-state index in [-0.39, 0.29) is 47.7 Å². The molecule has 10 nitrogen and oxygen atoms in total. The lowest BCUT2D eigenvalue weighted by Gasteiger charge is -2.37. The van der Waals surface area contributed by atoms with Crippen molar-refractivity contribution < 1.29 is 55.7 Å². The Labute approximate surface area is 315 Å². The van der Waals surface area contributed by atoms with Crippen LogP contribution in [-0.2, 0) is 38.1 Å². The molecule has 2 saturated heterocycles. The minimum atomic E-state index is -1.18. The van der Waals surface area contributed by atoms with Crippen molar-refractivity contribution in [1.82, 2.24) is 9.80 Å². The van der Waals surface area contributed by atoms with Crippen molar-refractivity contribution in [2.75, 3.05) is 40.4 Å². The summed E-state index contributed by atoms with van der Waals surface area (Å²) in [6, 6.07) is 4.63. The predicted molar refractivity (Wildman–Crippen MR) is 192 cm³/mol. The molecule has 2 aromatic carbocycles. The van der Waals surface area contributed by atoms with E-state index in [4.69, 9.17) is 18.9 Å². The van der Waals surface area contributed by atoms with Gasteiger partial charge < -0.3 is 18.9 Å². The lowest BCUT2D eigenvalue weighted by Crippen LogP contribution is -2.43. The molecule has 4 rings (SSSR count). The molecule has 0 aromatic heterocycles. The van der Waals surface area contributed by atoms with Crippen molar-refractivity contribution in [2.24, 2.45) is 11.8 Å². The fourth-order valence-corrected chi connectivity index (χ4v) is 6.90. The Morgan fingerprint density at radius 3 is 1.22 bits per heavy atom. The van der Waals surface area contributed by atoms with Crippen LogP contribution < -0.4 is 0 Å². The van der Waals surface area contributed by atoms with E-state index in [1.807, 2.05) is 0 Å². The highest BCUT2D eigenvalue weighted by molar-refractivity contribution is 5.78. The molecule has 2 aliphatic rings. The number of esters is 4. The van der Waals surface area contributed by atoms with Crippen LogP contribution in [-0.4, -0.2) is 85.3 Å². The van der Waals surface area contributed by atoms with E-state index < -0.39 is 58.5 Å². The molecule has 54 heavy (non-hydrogen) atoms. The van der Waals surface area contributed by atoms with Crippen LogP contribution in [0.5, 0.6) is 0 Å². The van der Waals surface area contributed by atoms with Gasteiger partial charge >= 0.3 is 23.9 Å². The zero-order chi connectivity index (χ0) is 40.4. The average molecular weight is 767 g/mol. The number of piperidine rings is 2. The van der Waals surface area contributed by atoms with Crippen molar-refractivity contribution in [3.05, 3.63) is 70.8 Å². The van der Waals surface area contributed by atoms with Gasteiger partial charge in [0.2, 0.25) is 0 Å². The van der Waals surface area contributed by atoms with E-state index in [9.17, 15) is 36.7 Å². The van der Waals surface area contributed by atoms with Crippen LogP contribution in [0.4, 0.5) is 17.6 Å². The van der Waals surface area contributed by atoms with Crippen LogP contribution in [0.3, 0.4) is 0 Å². The fraction of sp³-hybridized carbons (Fsp3) is 0.600. The highest BCUT2D eigenvalue weighted by Gasteiger charge is 2.38. The summed E-state index contributed by atoms with van der Waals surface area (Å²) in [6.45, 7) is 12.5. The third kappa shape index (κ3) is 13.1. The largest absolute Gasteiger partial charge is 0.468 e. The Balaban J connectivity index is 0.000000290. The maximum absolute atomic E-state index is 14.3. The fourth-order valence-electron chi connectivity index (χ4n) is 6.90. The van der Waals surface area contributed by atoms with Crippen LogP contribution in [0.2, 0.25) is 0 Å². The Morgan fingerprint density at radius 1 is 0.630 bits per heavy atom. The number of rotatable bonds is 10. The molecule has 300 valence electrons. The van der Waals surface area contributed by atoms with Crippen molar-refractivity contribution in [1.29, 1.82) is 0 Å². The van der Waals surface area contributed by atoms with E-state index >= 15 is 0 Å². The van der Waals surface area contributed by atoms with Crippen molar-refractivity contribution >= 4 is 23.9 Å². The molecular weight excluding hydrogens is 712 g/mol. The maximum Gasteiger partial charge on any atom is 0.327 e. The molecule has 2 aliphatic heterocycles. The molecule has 2 aromatic rings. The number of carbonyl (C=O) groups excluding carboxylic acids is 4. The first kappa shape index (κ1) is 44.4. The van der Waals surface area contributed by atoms with E-state index in [0.717, 1.165) is 37.1 Å². The predicted octanol–water partition coefficient (Wildman–Crippen LogP) is 7.25. The smallest absolute Gasteiger partial charge is 0.327 e. The summed E-state index contributed by atoms with van der Waals surface area (Å²) in [5.74, 6) is -5.37. The number of benzene rings is 2. The van der Waals surface area contributed by atoms with E-state index in [1.54, 1.807) is 51.3 Å². The van der Waals surface area contributed by atoms with E-state index in [2.05, 4.69) is 0 Å². The third-order valence-corrected chi connectivity index (χ3v) is 8.98. The second-order valence-electron chi connectivity index (χ2n) is 15.7. The second-order valence-corrected chi connectivity index (χ2v) is 15.7. The number of methoxy groups -OCH3 is 2. The Bertz CT molecular complexity index is 1450. The summed E-state index contributed by atoms with van der Waals surface area (Å²) < 4.78 is 77.5. The van der Waals surface area contributed by atoms with Crippen molar-refractivity contribution in [3.63, 3.8) is 0 Å². The number of carbonyl (C=O) groups is 4. The SMILES string of the molecule is COC(=O)[C@@H](c1c(F)cccc1F)N1CCC[C@@H](CC(=O)OC(C)(C)C)C1.COC(=O)[C@H](c1c(F)cccc1F)N1CCC[C@@H](CC(=O)OC(C)(C)C)C1. The van der Waals surface area contributed by atoms with Gasteiger partial charge in [-0.05, 0) is 116 Å². The van der Waals surface area contributed by atoms with Crippen molar-refractivity contribution in [3.8, 4) is 0 Å². The number of hydrogen-bond donors (Lipinski definition) is 0. The highest BCUT2D eigenvalue weighted by atomic mass is 19.1. The summed E-state index contributed by atoms with van der Waals surface area (Å²) in [4.78, 5) is 52.3. The number of nitrogens with zero attached hydrogens (tertiary/aromatic N) is 2. The monoisotopic (exact) mass is 766 g/mol. The number of ether oxygens (including phenoxy) is 4. The summed E-state index contributed by atoms with van der Waals surface area (Å²) in [5, 5.41) is 0. The molecule has 0 amide bonds. The molecule has 0 aliphatic carbocycles. The van der Waals surface area contributed by atoms with Gasteiger partial charge in [-0.15, -0.1) is 0 Å². The summed E-state index contributed by atoms with van der Waals surface area (Å²) in [7, 11) is 2.38. The van der Waals surface area contributed by atoms with Crippen LogP contribution >= 0.6 is 0 Å². The van der Waals surface area contributed by atoms with Gasteiger partial charge in [0.05, 0.1) is 25.3 Å². The molecule has 0 radical (unpaired) electrons. The van der Waals surface area contributed by atoms with Gasteiger partial charge in [-0.2, -0.15) is 0 Å². The lowest BCUT2D eigenvalue weighted by molar-refractivity contribution is -0.158. The molecule has 0 spiro atoms. The van der Waals surface area contributed by atoms with Gasteiger partial charge in [0.1, 0.15) is 46.6 Å². The first-order valence-corrected chi connectivity index (χ1v) is 18.2. The Kier molecular flexibility index (Phi) is 16.0. The minimum Gasteiger partial charge on any atom is -0.468 e. The number of hydrogen-bond acceptors (Lipinski definition) is 10. The first-order chi connectivity index (χ1) is 25.2. The summed E-state index contributed by atoms with van der Waals surface area (Å²) in [6.07, 6.45) is 3.36. The normalized spacial score (nSPS) is 19.4. The molecule has 0 unspecified atom stereocenters. The molecule has 4 atom stereocenters. The van der Waals surface area contributed by atoms with Gasteiger partial charge in [-0.3, -0.25) is 19.4 Å². The standard InChI is InChI=1S/2C20H27F2NO4/c2*1-20(2,3)27-16(24)11-13-7-6-10-23(12-13)18(19(25)26-4)17-14(21)8-5-9-15(17)22/h2*5,8-9,13,18H,6-7,10-12H2,1-4H3/t13-,18+;13-,18-/m00/s1. The zero-order valence-corrected chi connectivity index (χ0v) is 32.5. The van der Waals surface area contributed by atoms with Gasteiger partial charge in [-0.1, -0.05) is 12.1 Å². The van der Waals surface area contributed by atoms with Gasteiger partial charge in [0, 0.05) is 25.9 Å². The molecule has 0 N–H and O–H groups in total. The molecular formula is C40H54F4N2O8. The number of likely N-dealkylation sites (tertiary alicyclic amines) is 2. The average Bonchev–Trinajstić information content (AvgIpc) is 3.06. The number of halogens is 4. The Hall–Kier alpha value is -4.04. The van der Waals surface area contributed by atoms with Crippen LogP contribution in [0.1, 0.15) is 103 Å². The first-order valence-electron chi connectivity index (χ1n) is 18.2. The van der Waals surface area contributed by atoms with Crippen LogP contribution in [0.15, 0.2) is 36.4 Å². The minimum absolute atomic E-state index is 0.0596. The highest BCUT2D eigenvalue weighted by Crippen LogP contribution is 2.34. The van der Waals surface area contributed by atoms with Gasteiger partial charge in [0.25, 0.3) is 0 Å². The summed E-state index contributed by atoms with van der Waals surface area (Å²) in [5.41, 5.74) is -1.78. The Morgan fingerprint density at radius 2 is 0.944 bits per heavy atom. The van der Waals surface area contributed by atoms with E-state index in [0.29, 0.717) is 39.0 Å². The topological polar surface area (TPSA) is 112 Å². The zero-order valence-electron chi connectivity index (χ0n) is 32.5. The van der Waals surface area contributed by atoms with Crippen LogP contribution in [0, 0.1) is 35.1 Å². The van der Waals surface area contributed by atoms with Gasteiger partial charge in [-0.25, -0.2) is 27.2 Å². The molecule has 0 saturated carbocycles.